The van der Waals surface area contributed by atoms with Crippen LogP contribution in [0.1, 0.15) is 23.6 Å². The van der Waals surface area contributed by atoms with E-state index in [1.54, 1.807) is 32.2 Å². The number of amides is 1. The highest BCUT2D eigenvalue weighted by Crippen LogP contribution is 2.25. The maximum atomic E-state index is 12.2. The van der Waals surface area contributed by atoms with Gasteiger partial charge in [-0.3, -0.25) is 9.59 Å². The van der Waals surface area contributed by atoms with Crippen molar-refractivity contribution in [1.29, 1.82) is 0 Å². The van der Waals surface area contributed by atoms with Crippen molar-refractivity contribution < 1.29 is 23.8 Å². The lowest BCUT2D eigenvalue weighted by atomic mass is 10.1. The van der Waals surface area contributed by atoms with Crippen molar-refractivity contribution in [1.82, 2.24) is 5.32 Å². The van der Waals surface area contributed by atoms with E-state index in [-0.39, 0.29) is 12.3 Å². The molecule has 1 atom stereocenters. The summed E-state index contributed by atoms with van der Waals surface area (Å²) in [6.07, 6.45) is -0.880. The van der Waals surface area contributed by atoms with Crippen molar-refractivity contribution in [3.8, 4) is 11.5 Å². The van der Waals surface area contributed by atoms with Crippen molar-refractivity contribution >= 4 is 11.9 Å². The highest BCUT2D eigenvalue weighted by atomic mass is 16.5. The minimum atomic E-state index is -0.882. The van der Waals surface area contributed by atoms with Crippen LogP contribution in [-0.4, -0.2) is 32.2 Å². The van der Waals surface area contributed by atoms with Gasteiger partial charge < -0.3 is 19.5 Å². The lowest BCUT2D eigenvalue weighted by molar-refractivity contribution is -0.154. The summed E-state index contributed by atoms with van der Waals surface area (Å²) in [5, 5.41) is 2.77. The van der Waals surface area contributed by atoms with Gasteiger partial charge in [0.15, 0.2) is 6.10 Å². The number of rotatable bonds is 8. The van der Waals surface area contributed by atoms with Gasteiger partial charge in [0, 0.05) is 18.2 Å². The molecular formula is C21H25NO5. The number of carbonyl (C=O) groups is 2. The van der Waals surface area contributed by atoms with Crippen LogP contribution in [0.4, 0.5) is 0 Å². The quantitative estimate of drug-likeness (QED) is 0.723. The third-order valence-electron chi connectivity index (χ3n) is 4.09. The van der Waals surface area contributed by atoms with Crippen LogP contribution >= 0.6 is 0 Å². The Kier molecular flexibility index (Phi) is 7.23. The van der Waals surface area contributed by atoms with Crippen LogP contribution in [-0.2, 0) is 27.3 Å². The SMILES string of the molecule is COc1ccc(CC(=O)O[C@H](C)C(=O)NCc2ccc(C)cc2)c(OC)c1. The van der Waals surface area contributed by atoms with E-state index >= 15 is 0 Å². The minimum absolute atomic E-state index is 0.00273. The van der Waals surface area contributed by atoms with E-state index in [0.717, 1.165) is 11.1 Å². The Morgan fingerprint density at radius 2 is 1.74 bits per heavy atom. The van der Waals surface area contributed by atoms with Crippen LogP contribution < -0.4 is 14.8 Å². The molecule has 0 fully saturated rings. The molecule has 0 aromatic heterocycles. The first kappa shape index (κ1) is 20.3. The monoisotopic (exact) mass is 371 g/mol. The minimum Gasteiger partial charge on any atom is -0.497 e. The first-order valence-electron chi connectivity index (χ1n) is 8.66. The van der Waals surface area contributed by atoms with Crippen molar-refractivity contribution in [2.24, 2.45) is 0 Å². The number of hydrogen-bond acceptors (Lipinski definition) is 5. The van der Waals surface area contributed by atoms with Crippen LogP contribution in [0.3, 0.4) is 0 Å². The van der Waals surface area contributed by atoms with Crippen LogP contribution in [0.25, 0.3) is 0 Å². The van der Waals surface area contributed by atoms with Gasteiger partial charge in [0.25, 0.3) is 5.91 Å². The molecule has 144 valence electrons. The van der Waals surface area contributed by atoms with Crippen molar-refractivity contribution in [3.63, 3.8) is 0 Å². The Hall–Kier alpha value is -3.02. The van der Waals surface area contributed by atoms with E-state index in [1.165, 1.54) is 7.11 Å². The second-order valence-corrected chi connectivity index (χ2v) is 6.19. The molecule has 2 aromatic carbocycles. The molecular weight excluding hydrogens is 346 g/mol. The predicted molar refractivity (Wildman–Crippen MR) is 102 cm³/mol. The molecule has 0 aliphatic rings. The molecule has 0 bridgehead atoms. The maximum Gasteiger partial charge on any atom is 0.311 e. The fourth-order valence-electron chi connectivity index (χ4n) is 2.48. The van der Waals surface area contributed by atoms with Gasteiger partial charge in [0.05, 0.1) is 20.6 Å². The lowest BCUT2D eigenvalue weighted by Gasteiger charge is -2.15. The number of carbonyl (C=O) groups excluding carboxylic acids is 2. The summed E-state index contributed by atoms with van der Waals surface area (Å²) in [7, 11) is 3.07. The van der Waals surface area contributed by atoms with E-state index in [2.05, 4.69) is 5.32 Å². The number of ether oxygens (including phenoxy) is 3. The average molecular weight is 371 g/mol. The molecule has 0 unspecified atom stereocenters. The van der Waals surface area contributed by atoms with E-state index in [0.29, 0.717) is 23.6 Å². The molecule has 2 rings (SSSR count). The van der Waals surface area contributed by atoms with Crippen LogP contribution in [0, 0.1) is 6.92 Å². The van der Waals surface area contributed by atoms with Crippen LogP contribution in [0.15, 0.2) is 42.5 Å². The standard InChI is InChI=1S/C21H25NO5/c1-14-5-7-16(8-6-14)13-22-21(24)15(2)27-20(23)11-17-9-10-18(25-3)12-19(17)26-4/h5-10,12,15H,11,13H2,1-4H3,(H,22,24)/t15-/m1/s1. The molecule has 0 heterocycles. The summed E-state index contributed by atoms with van der Waals surface area (Å²) < 4.78 is 15.6. The van der Waals surface area contributed by atoms with Gasteiger partial charge >= 0.3 is 5.97 Å². The largest absolute Gasteiger partial charge is 0.497 e. The molecule has 27 heavy (non-hydrogen) atoms. The number of nitrogens with one attached hydrogen (secondary N) is 1. The molecule has 1 N–H and O–H groups in total. The third-order valence-corrected chi connectivity index (χ3v) is 4.09. The molecule has 6 heteroatoms. The Bertz CT molecular complexity index is 786. The summed E-state index contributed by atoms with van der Waals surface area (Å²) in [4.78, 5) is 24.3. The van der Waals surface area contributed by atoms with Gasteiger partial charge in [-0.15, -0.1) is 0 Å². The Morgan fingerprint density at radius 1 is 1.04 bits per heavy atom. The number of aryl methyl sites for hydroxylation is 1. The Balaban J connectivity index is 1.87. The molecule has 0 saturated carbocycles. The van der Waals surface area contributed by atoms with E-state index < -0.39 is 12.1 Å². The van der Waals surface area contributed by atoms with Crippen molar-refractivity contribution in [2.45, 2.75) is 32.9 Å². The maximum absolute atomic E-state index is 12.2. The zero-order chi connectivity index (χ0) is 19.8. The third kappa shape index (κ3) is 6.02. The first-order chi connectivity index (χ1) is 12.9. The lowest BCUT2D eigenvalue weighted by Crippen LogP contribution is -2.35. The van der Waals surface area contributed by atoms with E-state index in [1.807, 2.05) is 31.2 Å². The van der Waals surface area contributed by atoms with Crippen molar-refractivity contribution in [2.75, 3.05) is 14.2 Å². The molecule has 0 aliphatic carbocycles. The summed E-state index contributed by atoms with van der Waals surface area (Å²) in [5.74, 6) is 0.317. The normalized spacial score (nSPS) is 11.4. The molecule has 0 radical (unpaired) electrons. The molecule has 1 amide bonds. The topological polar surface area (TPSA) is 73.9 Å². The first-order valence-corrected chi connectivity index (χ1v) is 8.66. The van der Waals surface area contributed by atoms with Crippen LogP contribution in [0.5, 0.6) is 11.5 Å². The molecule has 0 spiro atoms. The van der Waals surface area contributed by atoms with Gasteiger partial charge in [-0.05, 0) is 25.5 Å². The van der Waals surface area contributed by atoms with Gasteiger partial charge in [-0.2, -0.15) is 0 Å². The zero-order valence-corrected chi connectivity index (χ0v) is 16.1. The highest BCUT2D eigenvalue weighted by Gasteiger charge is 2.19. The number of benzene rings is 2. The van der Waals surface area contributed by atoms with Gasteiger partial charge in [0.2, 0.25) is 0 Å². The second-order valence-electron chi connectivity index (χ2n) is 6.19. The van der Waals surface area contributed by atoms with Crippen LogP contribution in [0.2, 0.25) is 0 Å². The average Bonchev–Trinajstić information content (AvgIpc) is 2.67. The smallest absolute Gasteiger partial charge is 0.311 e. The predicted octanol–water partition coefficient (Wildman–Crippen LogP) is 2.80. The summed E-state index contributed by atoms with van der Waals surface area (Å²) in [5.41, 5.74) is 2.80. The van der Waals surface area contributed by atoms with E-state index in [9.17, 15) is 9.59 Å². The number of hydrogen-bond donors (Lipinski definition) is 1. The summed E-state index contributed by atoms with van der Waals surface area (Å²) in [6, 6.07) is 13.0. The summed E-state index contributed by atoms with van der Waals surface area (Å²) >= 11 is 0. The molecule has 0 aliphatic heterocycles. The molecule has 6 nitrogen and oxygen atoms in total. The number of methoxy groups -OCH3 is 2. The molecule has 0 saturated heterocycles. The second kappa shape index (κ2) is 9.62. The highest BCUT2D eigenvalue weighted by molar-refractivity contribution is 5.84. The Labute approximate surface area is 159 Å². The van der Waals surface area contributed by atoms with Gasteiger partial charge in [-0.25, -0.2) is 0 Å². The zero-order valence-electron chi connectivity index (χ0n) is 16.1. The van der Waals surface area contributed by atoms with Crippen molar-refractivity contribution in [3.05, 3.63) is 59.2 Å². The fourth-order valence-corrected chi connectivity index (χ4v) is 2.48. The van der Waals surface area contributed by atoms with Gasteiger partial charge in [-0.1, -0.05) is 35.9 Å². The van der Waals surface area contributed by atoms with E-state index in [4.69, 9.17) is 14.2 Å². The summed E-state index contributed by atoms with van der Waals surface area (Å²) in [6.45, 7) is 3.93. The van der Waals surface area contributed by atoms with Gasteiger partial charge in [0.1, 0.15) is 11.5 Å². The Morgan fingerprint density at radius 3 is 2.37 bits per heavy atom. The molecule has 2 aromatic rings. The fraction of sp³-hybridized carbons (Fsp3) is 0.333. The number of esters is 1.